The van der Waals surface area contributed by atoms with Gasteiger partial charge in [-0.05, 0) is 12.8 Å². The summed E-state index contributed by atoms with van der Waals surface area (Å²) in [6, 6.07) is 1.89. The number of carbonyl (C=O) groups excluding carboxylic acids is 1. The van der Waals surface area contributed by atoms with Crippen LogP contribution in [0.25, 0.3) is 0 Å². The van der Waals surface area contributed by atoms with E-state index in [0.717, 1.165) is 12.8 Å². The molecular formula is C10H17NO2. The molecule has 0 radical (unpaired) electrons. The average Bonchev–Trinajstić information content (AvgIpc) is 2.14. The van der Waals surface area contributed by atoms with Crippen LogP contribution < -0.4 is 0 Å². The molecule has 0 fully saturated rings. The third kappa shape index (κ3) is 2.82. The molecule has 0 heterocycles. The van der Waals surface area contributed by atoms with E-state index in [1.54, 1.807) is 7.11 Å². The van der Waals surface area contributed by atoms with E-state index >= 15 is 0 Å². The van der Waals surface area contributed by atoms with Crippen LogP contribution in [0.3, 0.4) is 0 Å². The van der Waals surface area contributed by atoms with Crippen molar-refractivity contribution in [2.45, 2.75) is 33.1 Å². The van der Waals surface area contributed by atoms with Crippen LogP contribution in [0.15, 0.2) is 0 Å². The van der Waals surface area contributed by atoms with Gasteiger partial charge in [0.2, 0.25) is 0 Å². The molecule has 0 unspecified atom stereocenters. The molecule has 0 aliphatic carbocycles. The van der Waals surface area contributed by atoms with Crippen LogP contribution in [0.4, 0.5) is 0 Å². The molecule has 74 valence electrons. The molecule has 13 heavy (non-hydrogen) atoms. The highest BCUT2D eigenvalue weighted by molar-refractivity contribution is 5.86. The van der Waals surface area contributed by atoms with Gasteiger partial charge in [0, 0.05) is 7.11 Å². The highest BCUT2D eigenvalue weighted by Crippen LogP contribution is 2.28. The van der Waals surface area contributed by atoms with Crippen molar-refractivity contribution in [3.05, 3.63) is 0 Å². The average molecular weight is 183 g/mol. The van der Waals surface area contributed by atoms with Crippen LogP contribution in [-0.2, 0) is 9.53 Å². The van der Waals surface area contributed by atoms with Crippen molar-refractivity contribution in [3.63, 3.8) is 0 Å². The smallest absolute Gasteiger partial charge is 0.155 e. The van der Waals surface area contributed by atoms with Gasteiger partial charge < -0.3 is 4.74 Å². The van der Waals surface area contributed by atoms with Gasteiger partial charge >= 0.3 is 0 Å². The Morgan fingerprint density at radius 2 is 2.00 bits per heavy atom. The first-order valence-electron chi connectivity index (χ1n) is 4.56. The van der Waals surface area contributed by atoms with E-state index in [4.69, 9.17) is 10.00 Å². The summed E-state index contributed by atoms with van der Waals surface area (Å²) in [5.41, 5.74) is -0.440. The summed E-state index contributed by atoms with van der Waals surface area (Å²) in [5, 5.41) is 8.45. The molecule has 3 heteroatoms. The maximum Gasteiger partial charge on any atom is 0.155 e. The van der Waals surface area contributed by atoms with Crippen molar-refractivity contribution in [1.82, 2.24) is 0 Å². The van der Waals surface area contributed by atoms with Crippen molar-refractivity contribution in [2.75, 3.05) is 13.7 Å². The van der Waals surface area contributed by atoms with Gasteiger partial charge in [0.25, 0.3) is 0 Å². The van der Waals surface area contributed by atoms with Gasteiger partial charge in [-0.15, -0.1) is 0 Å². The molecule has 0 aliphatic rings. The van der Waals surface area contributed by atoms with Crippen molar-refractivity contribution >= 4 is 5.78 Å². The summed E-state index contributed by atoms with van der Waals surface area (Å²) >= 11 is 0. The molecule has 0 atom stereocenters. The van der Waals surface area contributed by atoms with Crippen LogP contribution in [-0.4, -0.2) is 19.5 Å². The minimum absolute atomic E-state index is 0.00171. The largest absolute Gasteiger partial charge is 0.384 e. The van der Waals surface area contributed by atoms with Gasteiger partial charge in [-0.1, -0.05) is 13.8 Å². The molecule has 0 aromatic rings. The van der Waals surface area contributed by atoms with Crippen molar-refractivity contribution < 1.29 is 9.53 Å². The molecular weight excluding hydrogens is 166 g/mol. The van der Waals surface area contributed by atoms with Gasteiger partial charge in [-0.25, -0.2) is 0 Å². The Hall–Kier alpha value is -0.880. The highest BCUT2D eigenvalue weighted by Gasteiger charge is 2.33. The second-order valence-electron chi connectivity index (χ2n) is 3.18. The first-order valence-corrected chi connectivity index (χ1v) is 4.56. The fourth-order valence-corrected chi connectivity index (χ4v) is 1.46. The number of Topliss-reactive ketones (excluding diaryl/α,β-unsaturated/α-hetero) is 1. The van der Waals surface area contributed by atoms with Crippen molar-refractivity contribution in [3.8, 4) is 6.07 Å². The summed E-state index contributed by atoms with van der Waals surface area (Å²) < 4.78 is 5.03. The lowest BCUT2D eigenvalue weighted by molar-refractivity contribution is -0.131. The number of hydrogen-bond donors (Lipinski definition) is 0. The summed E-state index contributed by atoms with van der Waals surface area (Å²) in [4.78, 5) is 11.6. The zero-order chi connectivity index (χ0) is 10.3. The van der Waals surface area contributed by atoms with Gasteiger partial charge in [0.05, 0.1) is 24.5 Å². The summed E-state index contributed by atoms with van der Waals surface area (Å²) in [6.07, 6.45) is 1.46. The van der Waals surface area contributed by atoms with Gasteiger partial charge in [-0.3, -0.25) is 4.79 Å². The number of rotatable bonds is 6. The fourth-order valence-electron chi connectivity index (χ4n) is 1.46. The second-order valence-corrected chi connectivity index (χ2v) is 3.18. The number of ether oxygens (including phenoxy) is 1. The van der Waals surface area contributed by atoms with Crippen LogP contribution in [0.5, 0.6) is 0 Å². The molecule has 0 aliphatic heterocycles. The molecule has 0 spiro atoms. The summed E-state index contributed by atoms with van der Waals surface area (Å²) in [6.45, 7) is 4.33. The number of ketones is 1. The Balaban J connectivity index is 4.55. The minimum atomic E-state index is -0.440. The number of nitrogens with zero attached hydrogens (tertiary/aromatic N) is 1. The number of methoxy groups -OCH3 is 1. The van der Waals surface area contributed by atoms with Gasteiger partial charge in [0.15, 0.2) is 5.78 Å². The second kappa shape index (κ2) is 5.71. The summed E-state index contributed by atoms with van der Waals surface area (Å²) in [5.74, 6) is 0.00171. The number of carbonyl (C=O) groups is 1. The maximum absolute atomic E-state index is 11.6. The minimum Gasteiger partial charge on any atom is -0.384 e. The lowest BCUT2D eigenvalue weighted by Gasteiger charge is -2.28. The zero-order valence-electron chi connectivity index (χ0n) is 8.59. The number of nitriles is 1. The third-order valence-electron chi connectivity index (χ3n) is 2.61. The van der Waals surface area contributed by atoms with Gasteiger partial charge in [-0.2, -0.15) is 5.26 Å². The topological polar surface area (TPSA) is 50.1 Å². The number of hydrogen-bond acceptors (Lipinski definition) is 3. The summed E-state index contributed by atoms with van der Waals surface area (Å²) in [7, 11) is 1.58. The van der Waals surface area contributed by atoms with E-state index in [1.165, 1.54) is 0 Å². The first-order chi connectivity index (χ1) is 6.16. The molecule has 0 saturated heterocycles. The van der Waals surface area contributed by atoms with Crippen molar-refractivity contribution in [2.24, 2.45) is 5.41 Å². The lowest BCUT2D eigenvalue weighted by atomic mass is 9.78. The van der Waals surface area contributed by atoms with E-state index in [9.17, 15) is 4.79 Å². The van der Waals surface area contributed by atoms with Crippen LogP contribution in [0.2, 0.25) is 0 Å². The Morgan fingerprint density at radius 3 is 2.31 bits per heavy atom. The van der Waals surface area contributed by atoms with Crippen molar-refractivity contribution in [1.29, 1.82) is 5.26 Å². The quantitative estimate of drug-likeness (QED) is 0.632. The Labute approximate surface area is 79.7 Å². The molecule has 0 N–H and O–H groups in total. The predicted molar refractivity (Wildman–Crippen MR) is 50.1 cm³/mol. The van der Waals surface area contributed by atoms with E-state index in [-0.39, 0.29) is 12.2 Å². The standard InChI is InChI=1S/C10H17NO2/c1-4-10(5-2,8-13-3)9(12)6-7-11/h4-6,8H2,1-3H3. The molecule has 3 nitrogen and oxygen atoms in total. The van der Waals surface area contributed by atoms with Crippen LogP contribution in [0, 0.1) is 16.7 Å². The SMILES string of the molecule is CCC(CC)(COC)C(=O)CC#N. The first kappa shape index (κ1) is 12.1. The van der Waals surface area contributed by atoms with E-state index < -0.39 is 5.41 Å². The van der Waals surface area contributed by atoms with E-state index in [0.29, 0.717) is 6.61 Å². The monoisotopic (exact) mass is 183 g/mol. The zero-order valence-corrected chi connectivity index (χ0v) is 8.59. The van der Waals surface area contributed by atoms with Crippen LogP contribution in [0.1, 0.15) is 33.1 Å². The Morgan fingerprint density at radius 1 is 1.46 bits per heavy atom. The molecule has 0 amide bonds. The van der Waals surface area contributed by atoms with Gasteiger partial charge in [0.1, 0.15) is 0 Å². The Kier molecular flexibility index (Phi) is 5.33. The third-order valence-corrected chi connectivity index (χ3v) is 2.61. The maximum atomic E-state index is 11.6. The lowest BCUT2D eigenvalue weighted by Crippen LogP contribution is -2.34. The Bertz CT molecular complexity index is 201. The predicted octanol–water partition coefficient (Wildman–Crippen LogP) is 1.92. The normalized spacial score (nSPS) is 10.9. The highest BCUT2D eigenvalue weighted by atomic mass is 16.5. The van der Waals surface area contributed by atoms with E-state index in [1.807, 2.05) is 19.9 Å². The molecule has 0 rings (SSSR count). The molecule has 0 aromatic carbocycles. The molecule has 0 bridgehead atoms. The molecule has 0 aromatic heterocycles. The van der Waals surface area contributed by atoms with Crippen LogP contribution >= 0.6 is 0 Å². The molecule has 0 saturated carbocycles. The fraction of sp³-hybridized carbons (Fsp3) is 0.800. The van der Waals surface area contributed by atoms with E-state index in [2.05, 4.69) is 0 Å².